The van der Waals surface area contributed by atoms with E-state index in [9.17, 15) is 19.7 Å². The lowest BCUT2D eigenvalue weighted by atomic mass is 9.99. The van der Waals surface area contributed by atoms with Crippen LogP contribution in [0.2, 0.25) is 0 Å². The van der Waals surface area contributed by atoms with Crippen LogP contribution in [-0.4, -0.2) is 23.2 Å². The average Bonchev–Trinajstić information content (AvgIpc) is 2.55. The third-order valence-corrected chi connectivity index (χ3v) is 3.63. The molecule has 0 saturated carbocycles. The number of hydrogen-bond donors (Lipinski definition) is 0. The van der Waals surface area contributed by atoms with E-state index in [0.717, 1.165) is 0 Å². The van der Waals surface area contributed by atoms with Crippen molar-refractivity contribution in [2.75, 3.05) is 11.4 Å². The number of carbonyl (C=O) groups excluding carboxylic acids is 2. The normalized spacial score (nSPS) is 13.6. The fraction of sp³-hybridized carbons (Fsp3) is 0.125. The van der Waals surface area contributed by atoms with Gasteiger partial charge in [0.25, 0.3) is 11.6 Å². The van der Waals surface area contributed by atoms with E-state index in [1.807, 2.05) is 0 Å². The Balaban J connectivity index is 1.94. The first-order chi connectivity index (χ1) is 10.6. The number of fused-ring (bicyclic) bond motifs is 1. The molecular formula is C16H12N2O4. The highest BCUT2D eigenvalue weighted by Gasteiger charge is 2.27. The molecule has 0 bridgehead atoms. The summed E-state index contributed by atoms with van der Waals surface area (Å²) < 4.78 is 0. The molecule has 22 heavy (non-hydrogen) atoms. The fourth-order valence-corrected chi connectivity index (χ4v) is 2.51. The highest BCUT2D eigenvalue weighted by molar-refractivity contribution is 6.13. The molecule has 1 heterocycles. The Morgan fingerprint density at radius 2 is 1.77 bits per heavy atom. The lowest BCUT2D eigenvalue weighted by molar-refractivity contribution is -0.384. The minimum absolute atomic E-state index is 0.0170. The molecule has 0 fully saturated rings. The van der Waals surface area contributed by atoms with E-state index in [4.69, 9.17) is 0 Å². The zero-order valence-corrected chi connectivity index (χ0v) is 11.6. The highest BCUT2D eigenvalue weighted by Crippen LogP contribution is 2.28. The van der Waals surface area contributed by atoms with Crippen LogP contribution < -0.4 is 4.90 Å². The molecule has 6 heteroatoms. The summed E-state index contributed by atoms with van der Waals surface area (Å²) in [5.41, 5.74) is 1.41. The predicted molar refractivity (Wildman–Crippen MR) is 80.2 cm³/mol. The van der Waals surface area contributed by atoms with Crippen LogP contribution in [0.1, 0.15) is 27.1 Å². The molecule has 1 aliphatic heterocycles. The molecule has 0 unspecified atom stereocenters. The standard InChI is InChI=1S/C16H12N2O4/c19-15-9-10-17(14-4-2-1-3-13(14)15)16(20)11-5-7-12(8-6-11)18(21)22/h1-8H,9-10H2. The molecular weight excluding hydrogens is 284 g/mol. The highest BCUT2D eigenvalue weighted by atomic mass is 16.6. The van der Waals surface area contributed by atoms with Crippen LogP contribution in [-0.2, 0) is 0 Å². The van der Waals surface area contributed by atoms with E-state index >= 15 is 0 Å². The van der Waals surface area contributed by atoms with Crippen molar-refractivity contribution >= 4 is 23.1 Å². The average molecular weight is 296 g/mol. The van der Waals surface area contributed by atoms with Gasteiger partial charge in [0, 0.05) is 36.2 Å². The Labute approximate surface area is 126 Å². The number of nitrogens with zero attached hydrogens (tertiary/aromatic N) is 2. The van der Waals surface area contributed by atoms with Gasteiger partial charge in [-0.15, -0.1) is 0 Å². The number of non-ortho nitro benzene ring substituents is 1. The van der Waals surface area contributed by atoms with Crippen LogP contribution in [0.5, 0.6) is 0 Å². The minimum atomic E-state index is -0.511. The van der Waals surface area contributed by atoms with Crippen molar-refractivity contribution in [3.8, 4) is 0 Å². The van der Waals surface area contributed by atoms with Crippen molar-refractivity contribution < 1.29 is 14.5 Å². The predicted octanol–water partition coefficient (Wildman–Crippen LogP) is 2.83. The van der Waals surface area contributed by atoms with Gasteiger partial charge < -0.3 is 4.90 Å². The van der Waals surface area contributed by atoms with Crippen molar-refractivity contribution in [1.82, 2.24) is 0 Å². The van der Waals surface area contributed by atoms with Gasteiger partial charge in [0.2, 0.25) is 0 Å². The lowest BCUT2D eigenvalue weighted by Gasteiger charge is -2.28. The minimum Gasteiger partial charge on any atom is -0.307 e. The summed E-state index contributed by atoms with van der Waals surface area (Å²) in [5, 5.41) is 10.7. The maximum Gasteiger partial charge on any atom is 0.269 e. The maximum atomic E-state index is 12.6. The lowest BCUT2D eigenvalue weighted by Crippen LogP contribution is -2.37. The summed E-state index contributed by atoms with van der Waals surface area (Å²) in [6.07, 6.45) is 0.274. The van der Waals surface area contributed by atoms with Crippen molar-refractivity contribution in [1.29, 1.82) is 0 Å². The van der Waals surface area contributed by atoms with Crippen LogP contribution in [0.15, 0.2) is 48.5 Å². The molecule has 2 aromatic carbocycles. The molecule has 0 radical (unpaired) electrons. The van der Waals surface area contributed by atoms with Crippen molar-refractivity contribution in [2.24, 2.45) is 0 Å². The zero-order chi connectivity index (χ0) is 15.7. The van der Waals surface area contributed by atoms with E-state index in [1.165, 1.54) is 29.2 Å². The maximum absolute atomic E-state index is 12.6. The van der Waals surface area contributed by atoms with Gasteiger partial charge in [-0.05, 0) is 24.3 Å². The molecule has 3 rings (SSSR count). The van der Waals surface area contributed by atoms with Crippen molar-refractivity contribution in [3.63, 3.8) is 0 Å². The molecule has 0 aliphatic carbocycles. The molecule has 1 aliphatic rings. The van der Waals surface area contributed by atoms with E-state index in [-0.39, 0.29) is 23.8 Å². The van der Waals surface area contributed by atoms with Crippen LogP contribution >= 0.6 is 0 Å². The summed E-state index contributed by atoms with van der Waals surface area (Å²) in [7, 11) is 0. The fourth-order valence-electron chi connectivity index (χ4n) is 2.51. The summed E-state index contributed by atoms with van der Waals surface area (Å²) >= 11 is 0. The molecule has 0 spiro atoms. The van der Waals surface area contributed by atoms with Gasteiger partial charge in [0.1, 0.15) is 0 Å². The Bertz CT molecular complexity index is 768. The van der Waals surface area contributed by atoms with Gasteiger partial charge in [-0.25, -0.2) is 0 Å². The Morgan fingerprint density at radius 3 is 2.45 bits per heavy atom. The Hall–Kier alpha value is -3.02. The number of hydrogen-bond acceptors (Lipinski definition) is 4. The molecule has 6 nitrogen and oxygen atoms in total. The van der Waals surface area contributed by atoms with E-state index in [1.54, 1.807) is 24.3 Å². The molecule has 1 amide bonds. The van der Waals surface area contributed by atoms with Crippen LogP contribution in [0.25, 0.3) is 0 Å². The molecule has 0 N–H and O–H groups in total. The number of Topliss-reactive ketones (excluding diaryl/α,β-unsaturated/α-hetero) is 1. The summed E-state index contributed by atoms with van der Waals surface area (Å²) in [4.78, 5) is 36.2. The first-order valence-electron chi connectivity index (χ1n) is 6.76. The summed E-state index contributed by atoms with van der Waals surface area (Å²) in [5.74, 6) is -0.252. The van der Waals surface area contributed by atoms with Crippen LogP contribution in [0, 0.1) is 10.1 Å². The molecule has 0 aromatic heterocycles. The molecule has 2 aromatic rings. The van der Waals surface area contributed by atoms with Gasteiger partial charge in [0.15, 0.2) is 5.78 Å². The van der Waals surface area contributed by atoms with Gasteiger partial charge in [-0.3, -0.25) is 19.7 Å². The van der Waals surface area contributed by atoms with Gasteiger partial charge in [-0.2, -0.15) is 0 Å². The zero-order valence-electron chi connectivity index (χ0n) is 11.6. The number of anilines is 1. The number of nitro groups is 1. The smallest absolute Gasteiger partial charge is 0.269 e. The quantitative estimate of drug-likeness (QED) is 0.630. The number of rotatable bonds is 2. The summed E-state index contributed by atoms with van der Waals surface area (Å²) in [6.45, 7) is 0.311. The third-order valence-electron chi connectivity index (χ3n) is 3.63. The Morgan fingerprint density at radius 1 is 1.09 bits per heavy atom. The number of para-hydroxylation sites is 1. The SMILES string of the molecule is O=C1CCN(C(=O)c2ccc([N+](=O)[O-])cc2)c2ccccc21. The van der Waals surface area contributed by atoms with E-state index in [0.29, 0.717) is 23.4 Å². The number of nitro benzene ring substituents is 1. The number of carbonyl (C=O) groups is 2. The number of ketones is 1. The third kappa shape index (κ3) is 2.35. The van der Waals surface area contributed by atoms with E-state index < -0.39 is 4.92 Å². The van der Waals surface area contributed by atoms with Gasteiger partial charge in [0.05, 0.1) is 10.6 Å². The molecule has 110 valence electrons. The number of amides is 1. The number of benzene rings is 2. The van der Waals surface area contributed by atoms with Crippen molar-refractivity contribution in [2.45, 2.75) is 6.42 Å². The monoisotopic (exact) mass is 296 g/mol. The largest absolute Gasteiger partial charge is 0.307 e. The second-order valence-corrected chi connectivity index (χ2v) is 4.95. The summed E-state index contributed by atoms with van der Waals surface area (Å²) in [6, 6.07) is 12.4. The van der Waals surface area contributed by atoms with Crippen LogP contribution in [0.4, 0.5) is 11.4 Å². The van der Waals surface area contributed by atoms with Gasteiger partial charge in [-0.1, -0.05) is 12.1 Å². The first kappa shape index (κ1) is 13.9. The Kier molecular flexibility index (Phi) is 3.42. The van der Waals surface area contributed by atoms with E-state index in [2.05, 4.69) is 0 Å². The molecule has 0 atom stereocenters. The van der Waals surface area contributed by atoms with Crippen LogP contribution in [0.3, 0.4) is 0 Å². The second-order valence-electron chi connectivity index (χ2n) is 4.95. The second kappa shape index (κ2) is 5.40. The molecule has 0 saturated heterocycles. The first-order valence-corrected chi connectivity index (χ1v) is 6.76. The topological polar surface area (TPSA) is 80.5 Å². The van der Waals surface area contributed by atoms with Crippen molar-refractivity contribution in [3.05, 3.63) is 69.8 Å². The van der Waals surface area contributed by atoms with Gasteiger partial charge >= 0.3 is 0 Å².